The number of fused-ring (bicyclic) bond motifs is 2. The Morgan fingerprint density at radius 2 is 2.29 bits per heavy atom. The van der Waals surface area contributed by atoms with E-state index in [4.69, 9.17) is 28.8 Å². The SMILES string of the molecule is CCCOP1(=O)OC[C@H]2O[C@@H](n3cnc4c(OCC)nc(N)nc43)[C@](C)(N=[N+]=[N-])[C@@H]2O1. The van der Waals surface area contributed by atoms with Crippen LogP contribution in [0.1, 0.15) is 33.4 Å². The van der Waals surface area contributed by atoms with Gasteiger partial charge < -0.3 is 15.2 Å². The highest BCUT2D eigenvalue weighted by atomic mass is 31.2. The number of nitrogens with zero attached hydrogens (tertiary/aromatic N) is 7. The molecule has 15 heteroatoms. The molecule has 0 amide bonds. The van der Waals surface area contributed by atoms with Crippen molar-refractivity contribution in [2.45, 2.75) is 51.2 Å². The molecule has 0 radical (unpaired) electrons. The first-order chi connectivity index (χ1) is 14.8. The summed E-state index contributed by atoms with van der Waals surface area (Å²) in [5.41, 5.74) is 14.5. The highest BCUT2D eigenvalue weighted by Crippen LogP contribution is 2.59. The smallest absolute Gasteiger partial charge is 0.475 e. The quantitative estimate of drug-likeness (QED) is 0.282. The van der Waals surface area contributed by atoms with Gasteiger partial charge in [0.05, 0.1) is 26.1 Å². The second-order valence-electron chi connectivity index (χ2n) is 7.19. The van der Waals surface area contributed by atoms with E-state index in [-0.39, 0.29) is 25.0 Å². The molecule has 168 valence electrons. The minimum Gasteiger partial charge on any atom is -0.476 e. The maximum Gasteiger partial charge on any atom is 0.475 e. The van der Waals surface area contributed by atoms with Gasteiger partial charge in [0.2, 0.25) is 11.8 Å². The van der Waals surface area contributed by atoms with Crippen LogP contribution >= 0.6 is 7.82 Å². The summed E-state index contributed by atoms with van der Waals surface area (Å²) in [6.07, 6.45) is -0.387. The third kappa shape index (κ3) is 3.71. The summed E-state index contributed by atoms with van der Waals surface area (Å²) >= 11 is 0. The van der Waals surface area contributed by atoms with Gasteiger partial charge in [-0.1, -0.05) is 12.0 Å². The number of azide groups is 1. The molecule has 4 heterocycles. The summed E-state index contributed by atoms with van der Waals surface area (Å²) in [5.74, 6) is 0.206. The molecular formula is C16H23N8O6P. The van der Waals surface area contributed by atoms with Crippen LogP contribution in [-0.2, 0) is 22.9 Å². The number of aromatic nitrogens is 4. The number of ether oxygens (including phenoxy) is 2. The van der Waals surface area contributed by atoms with Crippen LogP contribution < -0.4 is 10.5 Å². The molecule has 0 aliphatic carbocycles. The van der Waals surface area contributed by atoms with Crippen molar-refractivity contribution in [3.05, 3.63) is 16.8 Å². The van der Waals surface area contributed by atoms with Gasteiger partial charge in [0.1, 0.15) is 17.7 Å². The third-order valence-corrected chi connectivity index (χ3v) is 6.46. The topological polar surface area (TPSA) is 182 Å². The van der Waals surface area contributed by atoms with Crippen LogP contribution in [0.3, 0.4) is 0 Å². The van der Waals surface area contributed by atoms with E-state index in [2.05, 4.69) is 25.0 Å². The number of anilines is 1. The molecular weight excluding hydrogens is 431 g/mol. The molecule has 0 saturated carbocycles. The Labute approximate surface area is 177 Å². The highest BCUT2D eigenvalue weighted by molar-refractivity contribution is 7.48. The summed E-state index contributed by atoms with van der Waals surface area (Å²) in [6, 6.07) is 0. The fourth-order valence-electron chi connectivity index (χ4n) is 3.66. The molecule has 0 bridgehead atoms. The van der Waals surface area contributed by atoms with E-state index >= 15 is 0 Å². The summed E-state index contributed by atoms with van der Waals surface area (Å²) in [6.45, 7) is 5.80. The average Bonchev–Trinajstić information content (AvgIpc) is 3.26. The zero-order valence-electron chi connectivity index (χ0n) is 17.2. The monoisotopic (exact) mass is 454 g/mol. The molecule has 4 rings (SSSR count). The number of phosphoric ester groups is 1. The summed E-state index contributed by atoms with van der Waals surface area (Å²) < 4.78 is 42.4. The first-order valence-electron chi connectivity index (χ1n) is 9.77. The van der Waals surface area contributed by atoms with Crippen LogP contribution in [0.15, 0.2) is 11.4 Å². The Morgan fingerprint density at radius 1 is 1.48 bits per heavy atom. The number of hydrogen-bond donors (Lipinski definition) is 1. The molecule has 2 saturated heterocycles. The molecule has 2 fully saturated rings. The minimum atomic E-state index is -3.83. The molecule has 0 spiro atoms. The Bertz CT molecular complexity index is 1070. The molecule has 2 aliphatic rings. The molecule has 31 heavy (non-hydrogen) atoms. The van der Waals surface area contributed by atoms with Crippen molar-refractivity contribution >= 4 is 24.9 Å². The Morgan fingerprint density at radius 3 is 3.00 bits per heavy atom. The number of nitrogen functional groups attached to an aromatic ring is 1. The number of rotatable bonds is 7. The van der Waals surface area contributed by atoms with Gasteiger partial charge in [-0.2, -0.15) is 9.97 Å². The second kappa shape index (κ2) is 8.23. The standard InChI is InChI=1S/C16H23N8O6P/c1-4-6-27-31(25)28-7-9-11(30-31)16(3,22-23-18)14(29-9)24-8-19-10-12(24)20-15(17)21-13(10)26-5-2/h8-9,11,14H,4-7H2,1-3H3,(H2,17,20,21)/t9-,11-,14-,16-,31?/m1/s1. The van der Waals surface area contributed by atoms with Crippen LogP contribution in [0.25, 0.3) is 21.6 Å². The fourth-order valence-corrected chi connectivity index (χ4v) is 5.22. The maximum absolute atomic E-state index is 12.9. The normalized spacial score (nSPS) is 32.5. The summed E-state index contributed by atoms with van der Waals surface area (Å²) in [5, 5.41) is 3.95. The Kier molecular flexibility index (Phi) is 5.77. The van der Waals surface area contributed by atoms with E-state index in [0.29, 0.717) is 24.2 Å². The van der Waals surface area contributed by atoms with Gasteiger partial charge in [-0.25, -0.2) is 9.55 Å². The zero-order chi connectivity index (χ0) is 22.2. The largest absolute Gasteiger partial charge is 0.476 e. The van der Waals surface area contributed by atoms with Crippen LogP contribution in [-0.4, -0.2) is 57.1 Å². The fraction of sp³-hybridized carbons (Fsp3) is 0.688. The minimum absolute atomic E-state index is 0.0179. The molecule has 14 nitrogen and oxygen atoms in total. The van der Waals surface area contributed by atoms with Crippen molar-refractivity contribution in [3.8, 4) is 5.88 Å². The zero-order valence-corrected chi connectivity index (χ0v) is 18.1. The Balaban J connectivity index is 1.76. The summed E-state index contributed by atoms with van der Waals surface area (Å²) in [7, 11) is -3.83. The van der Waals surface area contributed by atoms with Crippen LogP contribution in [0.5, 0.6) is 5.88 Å². The van der Waals surface area contributed by atoms with Crippen molar-refractivity contribution in [1.29, 1.82) is 0 Å². The maximum atomic E-state index is 12.9. The second-order valence-corrected chi connectivity index (χ2v) is 8.81. The van der Waals surface area contributed by atoms with Gasteiger partial charge in [0, 0.05) is 4.91 Å². The molecule has 1 unspecified atom stereocenters. The highest BCUT2D eigenvalue weighted by Gasteiger charge is 2.60. The van der Waals surface area contributed by atoms with Gasteiger partial charge in [-0.15, -0.1) is 0 Å². The van der Waals surface area contributed by atoms with Gasteiger partial charge in [0.15, 0.2) is 17.4 Å². The van der Waals surface area contributed by atoms with E-state index in [1.54, 1.807) is 18.4 Å². The van der Waals surface area contributed by atoms with Gasteiger partial charge >= 0.3 is 7.82 Å². The molecule has 2 aromatic heterocycles. The van der Waals surface area contributed by atoms with E-state index in [0.717, 1.165) is 0 Å². The molecule has 2 aliphatic heterocycles. The van der Waals surface area contributed by atoms with Crippen LogP contribution in [0.4, 0.5) is 5.95 Å². The third-order valence-electron chi connectivity index (χ3n) is 5.01. The van der Waals surface area contributed by atoms with Crippen LogP contribution in [0, 0.1) is 0 Å². The molecule has 2 aromatic rings. The van der Waals surface area contributed by atoms with E-state index in [9.17, 15) is 10.1 Å². The predicted molar refractivity (Wildman–Crippen MR) is 107 cm³/mol. The van der Waals surface area contributed by atoms with Gasteiger partial charge in [0.25, 0.3) is 0 Å². The van der Waals surface area contributed by atoms with Crippen LogP contribution in [0.2, 0.25) is 0 Å². The predicted octanol–water partition coefficient (Wildman–Crippen LogP) is 2.72. The lowest BCUT2D eigenvalue weighted by Gasteiger charge is -2.35. The van der Waals surface area contributed by atoms with E-state index in [1.165, 1.54) is 6.33 Å². The average molecular weight is 454 g/mol. The van der Waals surface area contributed by atoms with Crippen molar-refractivity contribution in [3.63, 3.8) is 0 Å². The van der Waals surface area contributed by atoms with Gasteiger partial charge in [-0.3, -0.25) is 18.1 Å². The van der Waals surface area contributed by atoms with Crippen molar-refractivity contribution in [2.75, 3.05) is 25.6 Å². The van der Waals surface area contributed by atoms with Crippen molar-refractivity contribution < 1.29 is 27.6 Å². The lowest BCUT2D eigenvalue weighted by molar-refractivity contribution is -0.0705. The van der Waals surface area contributed by atoms with E-state index in [1.807, 2.05) is 6.92 Å². The molecule has 0 aromatic carbocycles. The number of nitrogens with two attached hydrogens (primary N) is 1. The first kappa shape index (κ1) is 21.8. The number of imidazole rings is 1. The lowest BCUT2D eigenvalue weighted by Crippen LogP contribution is -2.46. The number of phosphoric acid groups is 1. The molecule has 5 atom stereocenters. The van der Waals surface area contributed by atoms with E-state index < -0.39 is 31.8 Å². The Hall–Kier alpha value is -2.47. The molecule has 2 N–H and O–H groups in total. The lowest BCUT2D eigenvalue weighted by atomic mass is 9.93. The first-order valence-corrected chi connectivity index (χ1v) is 11.2. The number of hydrogen-bond acceptors (Lipinski definition) is 11. The summed E-state index contributed by atoms with van der Waals surface area (Å²) in [4.78, 5) is 15.6. The van der Waals surface area contributed by atoms with Crippen molar-refractivity contribution in [2.24, 2.45) is 5.11 Å². The van der Waals surface area contributed by atoms with Crippen molar-refractivity contribution in [1.82, 2.24) is 19.5 Å². The van der Waals surface area contributed by atoms with Gasteiger partial charge in [-0.05, 0) is 25.8 Å².